The number of carbonyl (C=O) groups excluding carboxylic acids is 2. The van der Waals surface area contributed by atoms with Crippen LogP contribution in [0, 0.1) is 11.3 Å². The van der Waals surface area contributed by atoms with E-state index in [4.69, 9.17) is 23.2 Å². The Bertz CT molecular complexity index is 1630. The highest BCUT2D eigenvalue weighted by atomic mass is 35.5. The summed E-state index contributed by atoms with van der Waals surface area (Å²) in [7, 11) is 0. The van der Waals surface area contributed by atoms with Gasteiger partial charge in [0.05, 0.1) is 12.0 Å². The molecular weight excluding hydrogens is 620 g/mol. The number of amides is 2. The molecule has 6 rings (SSSR count). The highest BCUT2D eigenvalue weighted by molar-refractivity contribution is 6.31. The summed E-state index contributed by atoms with van der Waals surface area (Å²) < 4.78 is 21.5. The molecular formula is C33H38Cl2FN5O4. The fraction of sp³-hybridized carbons (Fsp3) is 0.515. The first-order chi connectivity index (χ1) is 21.3. The molecule has 1 aromatic carbocycles. The summed E-state index contributed by atoms with van der Waals surface area (Å²) in [5.41, 5.74) is -1.09. The number of aromatic amines is 1. The van der Waals surface area contributed by atoms with Crippen molar-refractivity contribution in [1.29, 1.82) is 0 Å². The fourth-order valence-electron chi connectivity index (χ4n) is 8.18. The second-order valence-electron chi connectivity index (χ2n) is 13.7. The first kappa shape index (κ1) is 31.8. The zero-order chi connectivity index (χ0) is 32.1. The molecule has 0 bridgehead atoms. The van der Waals surface area contributed by atoms with E-state index in [-0.39, 0.29) is 34.2 Å². The van der Waals surface area contributed by atoms with Crippen molar-refractivity contribution < 1.29 is 18.5 Å². The molecule has 3 fully saturated rings. The molecule has 12 heteroatoms. The van der Waals surface area contributed by atoms with Gasteiger partial charge in [-0.2, -0.15) is 0 Å². The number of nitrogens with zero attached hydrogens (tertiary/aromatic N) is 1. The Hall–Kier alpha value is -3.21. The highest BCUT2D eigenvalue weighted by Crippen LogP contribution is 2.62. The summed E-state index contributed by atoms with van der Waals surface area (Å²) in [6.07, 6.45) is 9.62. The molecule has 2 aromatic rings. The number of allylic oxidation sites excluding steroid dienone is 4. The van der Waals surface area contributed by atoms with Crippen molar-refractivity contribution in [2.45, 2.75) is 94.2 Å². The standard InChI is InChI=1S/C33H38Cl2FN5O4/c1-18(34)5-4-6-23(36)25-26(28(42)37-21-10-7-19(8-11-21)27-39-30(44)45-41-27)40-32(15-13-31(2,3)14-16-32)33(25)22-12-9-20(35)17-24(22)38-29(33)43/h4-6,9,12,17,19,21,25-26,40H,1,7-8,10-11,13-16H2,2-3H3,(H,37,42)(H,38,43)(H,39,41,44)/b5-4-,23-6-/t19-,21-,25-,26+,33+/m0/s1. The molecule has 4 N–H and O–H groups in total. The maximum absolute atomic E-state index is 16.8. The minimum Gasteiger partial charge on any atom is -0.352 e. The second-order valence-corrected chi connectivity index (χ2v) is 14.6. The van der Waals surface area contributed by atoms with Gasteiger partial charge in [-0.15, -0.1) is 0 Å². The van der Waals surface area contributed by atoms with Crippen LogP contribution in [-0.2, 0) is 15.0 Å². The summed E-state index contributed by atoms with van der Waals surface area (Å²) in [4.78, 5) is 42.8. The first-order valence-corrected chi connectivity index (χ1v) is 16.2. The Balaban J connectivity index is 1.38. The van der Waals surface area contributed by atoms with Crippen molar-refractivity contribution in [1.82, 2.24) is 20.8 Å². The molecule has 1 aromatic heterocycles. The number of rotatable bonds is 6. The van der Waals surface area contributed by atoms with Crippen LogP contribution in [0.1, 0.15) is 82.5 Å². The summed E-state index contributed by atoms with van der Waals surface area (Å²) in [5.74, 6) is -2.51. The molecule has 2 aliphatic heterocycles. The van der Waals surface area contributed by atoms with Crippen LogP contribution in [0.25, 0.3) is 0 Å². The second kappa shape index (κ2) is 11.9. The molecule has 0 radical (unpaired) electrons. The minimum atomic E-state index is -1.41. The number of hydrogen-bond acceptors (Lipinski definition) is 6. The Labute approximate surface area is 271 Å². The molecule has 2 spiro atoms. The topological polar surface area (TPSA) is 129 Å². The van der Waals surface area contributed by atoms with Gasteiger partial charge >= 0.3 is 5.76 Å². The van der Waals surface area contributed by atoms with Gasteiger partial charge in [0, 0.05) is 33.2 Å². The number of aromatic nitrogens is 2. The van der Waals surface area contributed by atoms with Crippen LogP contribution in [0.5, 0.6) is 0 Å². The average molecular weight is 659 g/mol. The van der Waals surface area contributed by atoms with Crippen LogP contribution in [0.15, 0.2) is 63.2 Å². The van der Waals surface area contributed by atoms with E-state index in [1.54, 1.807) is 18.2 Å². The molecule has 2 saturated carbocycles. The zero-order valence-corrected chi connectivity index (χ0v) is 26.9. The highest BCUT2D eigenvalue weighted by Gasteiger charge is 2.73. The quantitative estimate of drug-likeness (QED) is 0.276. The van der Waals surface area contributed by atoms with Gasteiger partial charge in [-0.05, 0) is 86.6 Å². The number of halogens is 3. The molecule has 45 heavy (non-hydrogen) atoms. The van der Waals surface area contributed by atoms with Gasteiger partial charge in [0.2, 0.25) is 11.8 Å². The van der Waals surface area contributed by atoms with Crippen LogP contribution < -0.4 is 21.7 Å². The molecule has 0 unspecified atom stereocenters. The Morgan fingerprint density at radius 1 is 1.16 bits per heavy atom. The van der Waals surface area contributed by atoms with E-state index in [1.165, 1.54) is 18.2 Å². The first-order valence-electron chi connectivity index (χ1n) is 15.5. The number of H-pyrrole nitrogens is 1. The lowest BCUT2D eigenvalue weighted by atomic mass is 9.54. The largest absolute Gasteiger partial charge is 0.438 e. The molecule has 2 amide bonds. The van der Waals surface area contributed by atoms with Crippen LogP contribution in [0.4, 0.5) is 10.1 Å². The average Bonchev–Trinajstić information content (AvgIpc) is 3.64. The van der Waals surface area contributed by atoms with E-state index in [0.29, 0.717) is 60.6 Å². The zero-order valence-electron chi connectivity index (χ0n) is 25.4. The molecule has 240 valence electrons. The van der Waals surface area contributed by atoms with Gasteiger partial charge in [-0.25, -0.2) is 9.18 Å². The van der Waals surface area contributed by atoms with Crippen LogP contribution >= 0.6 is 23.2 Å². The van der Waals surface area contributed by atoms with Gasteiger partial charge in [-0.1, -0.05) is 60.9 Å². The predicted octanol–water partition coefficient (Wildman–Crippen LogP) is 6.14. The monoisotopic (exact) mass is 657 g/mol. The SMILES string of the molecule is C=C(Cl)/C=C\C=C(/F)[C@H]1[C@H](C(=O)N[C@H]2CC[C@H](c3noc(=O)[nH]3)CC2)NC2(CCC(C)(C)CC2)[C@@]12C(=O)Nc1cc(Cl)ccc12. The molecule has 3 heterocycles. The lowest BCUT2D eigenvalue weighted by Crippen LogP contribution is -2.61. The third-order valence-electron chi connectivity index (χ3n) is 10.5. The summed E-state index contributed by atoms with van der Waals surface area (Å²) in [6.45, 7) is 8.02. The van der Waals surface area contributed by atoms with E-state index < -0.39 is 34.5 Å². The van der Waals surface area contributed by atoms with Crippen molar-refractivity contribution >= 4 is 40.7 Å². The smallest absolute Gasteiger partial charge is 0.352 e. The van der Waals surface area contributed by atoms with Crippen LogP contribution in [0.2, 0.25) is 5.02 Å². The number of benzene rings is 1. The maximum Gasteiger partial charge on any atom is 0.438 e. The number of anilines is 1. The molecule has 3 atom stereocenters. The number of fused-ring (bicyclic) bond motifs is 3. The summed E-state index contributed by atoms with van der Waals surface area (Å²) in [6, 6.07) is 4.00. The predicted molar refractivity (Wildman–Crippen MR) is 171 cm³/mol. The van der Waals surface area contributed by atoms with E-state index in [2.05, 4.69) is 51.0 Å². The number of nitrogens with one attached hydrogen (secondary N) is 4. The van der Waals surface area contributed by atoms with Crippen molar-refractivity contribution in [3.63, 3.8) is 0 Å². The van der Waals surface area contributed by atoms with Crippen molar-refractivity contribution in [3.8, 4) is 0 Å². The molecule has 2 aliphatic carbocycles. The summed E-state index contributed by atoms with van der Waals surface area (Å²) >= 11 is 12.3. The van der Waals surface area contributed by atoms with E-state index >= 15 is 4.39 Å². The summed E-state index contributed by atoms with van der Waals surface area (Å²) in [5, 5.41) is 14.3. The van der Waals surface area contributed by atoms with Crippen LogP contribution in [-0.4, -0.2) is 39.6 Å². The van der Waals surface area contributed by atoms with Gasteiger partial charge in [0.15, 0.2) is 5.82 Å². The van der Waals surface area contributed by atoms with Crippen LogP contribution in [0.3, 0.4) is 0 Å². The van der Waals surface area contributed by atoms with Crippen molar-refractivity contribution in [2.24, 2.45) is 11.3 Å². The van der Waals surface area contributed by atoms with Gasteiger partial charge in [0.25, 0.3) is 0 Å². The fourth-order valence-corrected chi connectivity index (χ4v) is 8.42. The lowest BCUT2D eigenvalue weighted by molar-refractivity contribution is -0.126. The van der Waals surface area contributed by atoms with Crippen molar-refractivity contribution in [2.75, 3.05) is 5.32 Å². The third-order valence-corrected chi connectivity index (χ3v) is 10.8. The van der Waals surface area contributed by atoms with E-state index in [1.807, 2.05) is 0 Å². The maximum atomic E-state index is 16.8. The normalized spacial score (nSPS) is 30.5. The molecule has 1 saturated heterocycles. The number of hydrogen-bond donors (Lipinski definition) is 4. The van der Waals surface area contributed by atoms with Gasteiger partial charge in [0.1, 0.15) is 11.2 Å². The third kappa shape index (κ3) is 5.59. The van der Waals surface area contributed by atoms with E-state index in [0.717, 1.165) is 12.8 Å². The van der Waals surface area contributed by atoms with Crippen molar-refractivity contribution in [3.05, 3.63) is 80.8 Å². The molecule has 4 aliphatic rings. The van der Waals surface area contributed by atoms with Gasteiger partial charge in [-0.3, -0.25) is 24.4 Å². The Kier molecular flexibility index (Phi) is 8.37. The lowest BCUT2D eigenvalue weighted by Gasteiger charge is -2.50. The minimum absolute atomic E-state index is 0.0217. The van der Waals surface area contributed by atoms with E-state index in [9.17, 15) is 14.4 Å². The Morgan fingerprint density at radius 3 is 2.51 bits per heavy atom. The number of carbonyl (C=O) groups is 2. The Morgan fingerprint density at radius 2 is 1.87 bits per heavy atom. The molecule has 9 nitrogen and oxygen atoms in total. The van der Waals surface area contributed by atoms with Gasteiger partial charge < -0.3 is 10.6 Å².